The predicted molar refractivity (Wildman–Crippen MR) is 84.3 cm³/mol. The highest BCUT2D eigenvalue weighted by molar-refractivity contribution is 5.69. The van der Waals surface area contributed by atoms with Crippen molar-refractivity contribution in [2.45, 2.75) is 51.1 Å². The van der Waals surface area contributed by atoms with E-state index >= 15 is 0 Å². The van der Waals surface area contributed by atoms with Gasteiger partial charge in [-0.2, -0.15) is 13.2 Å². The van der Waals surface area contributed by atoms with Crippen LogP contribution in [-0.4, -0.2) is 47.0 Å². The standard InChI is InChI=1S/C17H22F3NO4/c1-16(2,3)25-15(23)21-9-14(8-12(21)10-22)24-13-6-4-11(5-7-13)17(18,19)20/h4-7,12,14,22H,8-10H2,1-3H3/t12-,14-/m1/s1. The van der Waals surface area contributed by atoms with E-state index in [2.05, 4.69) is 0 Å². The number of alkyl halides is 3. The van der Waals surface area contributed by atoms with Crippen LogP contribution in [0.3, 0.4) is 0 Å². The third kappa shape index (κ3) is 5.26. The van der Waals surface area contributed by atoms with Crippen molar-refractivity contribution in [3.63, 3.8) is 0 Å². The third-order valence-electron chi connectivity index (χ3n) is 3.70. The fourth-order valence-corrected chi connectivity index (χ4v) is 2.59. The van der Waals surface area contributed by atoms with Crippen molar-refractivity contribution < 1.29 is 32.5 Å². The Morgan fingerprint density at radius 3 is 2.32 bits per heavy atom. The number of halogens is 3. The van der Waals surface area contributed by atoms with Gasteiger partial charge in [-0.25, -0.2) is 4.79 Å². The number of hydrogen-bond acceptors (Lipinski definition) is 4. The first-order chi connectivity index (χ1) is 11.5. The first-order valence-electron chi connectivity index (χ1n) is 7.94. The van der Waals surface area contributed by atoms with Gasteiger partial charge in [0.15, 0.2) is 0 Å². The smallest absolute Gasteiger partial charge is 0.416 e. The molecule has 0 spiro atoms. The fourth-order valence-electron chi connectivity index (χ4n) is 2.59. The molecule has 5 nitrogen and oxygen atoms in total. The van der Waals surface area contributed by atoms with Gasteiger partial charge in [-0.3, -0.25) is 4.90 Å². The number of likely N-dealkylation sites (tertiary alicyclic amines) is 1. The molecule has 1 heterocycles. The van der Waals surface area contributed by atoms with Gasteiger partial charge in [-0.05, 0) is 45.0 Å². The molecule has 2 rings (SSSR count). The molecule has 2 atom stereocenters. The summed E-state index contributed by atoms with van der Waals surface area (Å²) in [6, 6.07) is 3.92. The molecular formula is C17H22F3NO4. The van der Waals surface area contributed by atoms with E-state index in [4.69, 9.17) is 9.47 Å². The predicted octanol–water partition coefficient (Wildman–Crippen LogP) is 3.45. The van der Waals surface area contributed by atoms with Crippen molar-refractivity contribution in [3.05, 3.63) is 29.8 Å². The van der Waals surface area contributed by atoms with Crippen LogP contribution in [0, 0.1) is 0 Å². The molecule has 140 valence electrons. The Kier molecular flexibility index (Phi) is 5.51. The van der Waals surface area contributed by atoms with Crippen molar-refractivity contribution in [1.29, 1.82) is 0 Å². The fraction of sp³-hybridized carbons (Fsp3) is 0.588. The lowest BCUT2D eigenvalue weighted by atomic mass is 10.2. The Hall–Kier alpha value is -1.96. The van der Waals surface area contributed by atoms with Crippen LogP contribution in [0.2, 0.25) is 0 Å². The van der Waals surface area contributed by atoms with Gasteiger partial charge in [0.1, 0.15) is 17.5 Å². The number of ether oxygens (including phenoxy) is 2. The first kappa shape index (κ1) is 19.4. The van der Waals surface area contributed by atoms with E-state index in [0.717, 1.165) is 12.1 Å². The van der Waals surface area contributed by atoms with Crippen molar-refractivity contribution in [1.82, 2.24) is 4.90 Å². The van der Waals surface area contributed by atoms with Gasteiger partial charge >= 0.3 is 12.3 Å². The highest BCUT2D eigenvalue weighted by Crippen LogP contribution is 2.31. The van der Waals surface area contributed by atoms with Gasteiger partial charge in [0, 0.05) is 6.42 Å². The quantitative estimate of drug-likeness (QED) is 0.896. The molecule has 1 aromatic carbocycles. The Balaban J connectivity index is 2.01. The Bertz CT molecular complexity index is 595. The maximum absolute atomic E-state index is 12.6. The number of carbonyl (C=O) groups excluding carboxylic acids is 1. The minimum absolute atomic E-state index is 0.196. The average Bonchev–Trinajstić information content (AvgIpc) is 2.88. The number of carbonyl (C=O) groups is 1. The number of aliphatic hydroxyl groups excluding tert-OH is 1. The first-order valence-corrected chi connectivity index (χ1v) is 7.94. The minimum atomic E-state index is -4.40. The molecule has 1 saturated heterocycles. The lowest BCUT2D eigenvalue weighted by molar-refractivity contribution is -0.137. The number of aliphatic hydroxyl groups is 1. The molecular weight excluding hydrogens is 339 g/mol. The second-order valence-electron chi connectivity index (χ2n) is 6.97. The SMILES string of the molecule is CC(C)(C)OC(=O)N1C[C@H](Oc2ccc(C(F)(F)F)cc2)C[C@@H]1CO. The van der Waals surface area contributed by atoms with Crippen molar-refractivity contribution in [2.75, 3.05) is 13.2 Å². The molecule has 1 aromatic rings. The molecule has 0 unspecified atom stereocenters. The Morgan fingerprint density at radius 1 is 1.24 bits per heavy atom. The number of amides is 1. The third-order valence-corrected chi connectivity index (χ3v) is 3.70. The molecule has 0 saturated carbocycles. The molecule has 1 aliphatic heterocycles. The molecule has 1 aliphatic rings. The molecule has 1 N–H and O–H groups in total. The summed E-state index contributed by atoms with van der Waals surface area (Å²) in [6.07, 6.45) is -5.01. The molecule has 0 aliphatic carbocycles. The number of benzene rings is 1. The summed E-state index contributed by atoms with van der Waals surface area (Å²) in [5.41, 5.74) is -1.42. The highest BCUT2D eigenvalue weighted by atomic mass is 19.4. The number of rotatable bonds is 3. The normalized spacial score (nSPS) is 21.3. The van der Waals surface area contributed by atoms with Gasteiger partial charge in [-0.15, -0.1) is 0 Å². The summed E-state index contributed by atoms with van der Waals surface area (Å²) in [5.74, 6) is 0.278. The lowest BCUT2D eigenvalue weighted by Gasteiger charge is -2.27. The van der Waals surface area contributed by atoms with E-state index < -0.39 is 35.6 Å². The second kappa shape index (κ2) is 7.11. The largest absolute Gasteiger partial charge is 0.489 e. The molecule has 0 radical (unpaired) electrons. The molecule has 1 fully saturated rings. The van der Waals surface area contributed by atoms with Crippen LogP contribution in [0.15, 0.2) is 24.3 Å². The van der Waals surface area contributed by atoms with E-state index in [0.29, 0.717) is 6.42 Å². The number of hydrogen-bond donors (Lipinski definition) is 1. The van der Waals surface area contributed by atoms with Crippen LogP contribution in [0.25, 0.3) is 0 Å². The zero-order valence-electron chi connectivity index (χ0n) is 14.3. The second-order valence-corrected chi connectivity index (χ2v) is 6.97. The van der Waals surface area contributed by atoms with Crippen LogP contribution in [0.4, 0.5) is 18.0 Å². The average molecular weight is 361 g/mol. The van der Waals surface area contributed by atoms with Gasteiger partial charge in [0.2, 0.25) is 0 Å². The van der Waals surface area contributed by atoms with Gasteiger partial charge in [0.05, 0.1) is 24.8 Å². The zero-order chi connectivity index (χ0) is 18.8. The van der Waals surface area contributed by atoms with Crippen molar-refractivity contribution in [3.8, 4) is 5.75 Å². The van der Waals surface area contributed by atoms with Gasteiger partial charge in [-0.1, -0.05) is 0 Å². The summed E-state index contributed by atoms with van der Waals surface area (Å²) in [7, 11) is 0. The maximum Gasteiger partial charge on any atom is 0.416 e. The van der Waals surface area contributed by atoms with Crippen LogP contribution in [0.5, 0.6) is 5.75 Å². The van der Waals surface area contributed by atoms with E-state index in [1.165, 1.54) is 17.0 Å². The highest BCUT2D eigenvalue weighted by Gasteiger charge is 2.38. The number of nitrogens with zero attached hydrogens (tertiary/aromatic N) is 1. The van der Waals surface area contributed by atoms with E-state index in [1.807, 2.05) is 0 Å². The molecule has 25 heavy (non-hydrogen) atoms. The Labute approximate surface area is 144 Å². The molecule has 0 aromatic heterocycles. The maximum atomic E-state index is 12.6. The minimum Gasteiger partial charge on any atom is -0.489 e. The van der Waals surface area contributed by atoms with Crippen LogP contribution in [0.1, 0.15) is 32.8 Å². The van der Waals surface area contributed by atoms with Crippen LogP contribution >= 0.6 is 0 Å². The van der Waals surface area contributed by atoms with Crippen molar-refractivity contribution in [2.24, 2.45) is 0 Å². The van der Waals surface area contributed by atoms with E-state index in [9.17, 15) is 23.1 Å². The van der Waals surface area contributed by atoms with Crippen molar-refractivity contribution >= 4 is 6.09 Å². The summed E-state index contributed by atoms with van der Waals surface area (Å²) in [5, 5.41) is 9.46. The molecule has 8 heteroatoms. The lowest BCUT2D eigenvalue weighted by Crippen LogP contribution is -2.41. The van der Waals surface area contributed by atoms with Crippen LogP contribution < -0.4 is 4.74 Å². The topological polar surface area (TPSA) is 59.0 Å². The molecule has 0 bridgehead atoms. The monoisotopic (exact) mass is 361 g/mol. The summed E-state index contributed by atoms with van der Waals surface area (Å²) in [4.78, 5) is 13.6. The Morgan fingerprint density at radius 2 is 1.84 bits per heavy atom. The van der Waals surface area contributed by atoms with E-state index in [1.54, 1.807) is 20.8 Å². The van der Waals surface area contributed by atoms with Gasteiger partial charge in [0.25, 0.3) is 0 Å². The molecule has 1 amide bonds. The summed E-state index contributed by atoms with van der Waals surface area (Å²) < 4.78 is 48.7. The summed E-state index contributed by atoms with van der Waals surface area (Å²) >= 11 is 0. The van der Waals surface area contributed by atoms with Gasteiger partial charge < -0.3 is 14.6 Å². The zero-order valence-corrected chi connectivity index (χ0v) is 14.3. The van der Waals surface area contributed by atoms with Crippen LogP contribution in [-0.2, 0) is 10.9 Å². The summed E-state index contributed by atoms with van der Waals surface area (Å²) in [6.45, 7) is 5.18. The van der Waals surface area contributed by atoms with E-state index in [-0.39, 0.29) is 18.9 Å².